The van der Waals surface area contributed by atoms with Crippen molar-refractivity contribution in [1.82, 2.24) is 15.4 Å². The molecule has 9 nitrogen and oxygen atoms in total. The minimum absolute atomic E-state index is 0.0273. The summed E-state index contributed by atoms with van der Waals surface area (Å²) in [4.78, 5) is 30.7. The molecular weight excluding hydrogens is 379 g/mol. The Morgan fingerprint density at radius 3 is 2.41 bits per heavy atom. The van der Waals surface area contributed by atoms with E-state index in [9.17, 15) is 19.3 Å². The summed E-state index contributed by atoms with van der Waals surface area (Å²) in [6.45, 7) is 0.420. The van der Waals surface area contributed by atoms with E-state index in [2.05, 4.69) is 26.1 Å². The van der Waals surface area contributed by atoms with Crippen LogP contribution in [0.25, 0.3) is 0 Å². The topological polar surface area (TPSA) is 122 Å². The van der Waals surface area contributed by atoms with Crippen LogP contribution >= 0.6 is 0 Å². The molecule has 3 rings (SSSR count). The van der Waals surface area contributed by atoms with Gasteiger partial charge >= 0.3 is 5.69 Å². The third-order valence-corrected chi connectivity index (χ3v) is 3.95. The lowest BCUT2D eigenvalue weighted by Gasteiger charge is -2.11. The molecule has 29 heavy (non-hydrogen) atoms. The van der Waals surface area contributed by atoms with Crippen molar-refractivity contribution in [3.63, 3.8) is 0 Å². The molecule has 0 radical (unpaired) electrons. The van der Waals surface area contributed by atoms with Crippen molar-refractivity contribution >= 4 is 23.2 Å². The van der Waals surface area contributed by atoms with Crippen LogP contribution < -0.4 is 16.2 Å². The monoisotopic (exact) mass is 396 g/mol. The number of rotatable bonds is 8. The Morgan fingerprint density at radius 2 is 1.72 bits per heavy atom. The zero-order valence-electron chi connectivity index (χ0n) is 15.1. The van der Waals surface area contributed by atoms with Gasteiger partial charge in [-0.3, -0.25) is 25.8 Å². The molecule has 1 amide bonds. The van der Waals surface area contributed by atoms with Gasteiger partial charge in [-0.25, -0.2) is 14.4 Å². The Balaban J connectivity index is 1.68. The molecule has 0 aliphatic rings. The van der Waals surface area contributed by atoms with Gasteiger partial charge in [0, 0.05) is 12.1 Å². The standard InChI is InChI=1S/C19H17FN6O3/c20-15-8-6-14(7-9-15)19(27)25-24-18-16(26(28)29)17(22-12-23-18)21-11-10-13-4-2-1-3-5-13/h1-9,12H,10-11H2,(H,25,27)(H2,21,22,23,24). The number of aromatic nitrogens is 2. The van der Waals surface area contributed by atoms with Crippen molar-refractivity contribution in [2.24, 2.45) is 0 Å². The van der Waals surface area contributed by atoms with Crippen LogP contribution in [0.2, 0.25) is 0 Å². The first-order valence-electron chi connectivity index (χ1n) is 8.63. The normalized spacial score (nSPS) is 10.2. The number of nitro groups is 1. The van der Waals surface area contributed by atoms with Gasteiger partial charge in [-0.1, -0.05) is 30.3 Å². The molecule has 1 heterocycles. The summed E-state index contributed by atoms with van der Waals surface area (Å²) < 4.78 is 13.0. The van der Waals surface area contributed by atoms with Gasteiger partial charge in [0.1, 0.15) is 12.1 Å². The van der Waals surface area contributed by atoms with Crippen LogP contribution in [0.3, 0.4) is 0 Å². The van der Waals surface area contributed by atoms with E-state index in [1.807, 2.05) is 30.3 Å². The predicted molar refractivity (Wildman–Crippen MR) is 105 cm³/mol. The van der Waals surface area contributed by atoms with Crippen molar-refractivity contribution in [3.8, 4) is 0 Å². The summed E-state index contributed by atoms with van der Waals surface area (Å²) >= 11 is 0. The van der Waals surface area contributed by atoms with Crippen LogP contribution in [0.4, 0.5) is 21.7 Å². The van der Waals surface area contributed by atoms with Gasteiger partial charge in [0.05, 0.1) is 4.92 Å². The second kappa shape index (κ2) is 9.22. The number of nitrogens with zero attached hydrogens (tertiary/aromatic N) is 3. The summed E-state index contributed by atoms with van der Waals surface area (Å²) in [6.07, 6.45) is 1.79. The second-order valence-corrected chi connectivity index (χ2v) is 5.92. The van der Waals surface area contributed by atoms with Crippen LogP contribution in [0.1, 0.15) is 15.9 Å². The Labute approximate surface area is 165 Å². The largest absolute Gasteiger partial charge is 0.364 e. The highest BCUT2D eigenvalue weighted by Gasteiger charge is 2.23. The Kier molecular flexibility index (Phi) is 6.25. The number of nitrogens with one attached hydrogen (secondary N) is 3. The van der Waals surface area contributed by atoms with Crippen molar-refractivity contribution in [2.45, 2.75) is 6.42 Å². The molecule has 0 saturated carbocycles. The molecule has 0 spiro atoms. The van der Waals surface area contributed by atoms with Gasteiger partial charge < -0.3 is 5.32 Å². The van der Waals surface area contributed by atoms with Gasteiger partial charge in [0.2, 0.25) is 11.6 Å². The van der Waals surface area contributed by atoms with E-state index in [1.54, 1.807) is 0 Å². The summed E-state index contributed by atoms with van der Waals surface area (Å²) in [7, 11) is 0. The number of hydrogen-bond donors (Lipinski definition) is 3. The summed E-state index contributed by atoms with van der Waals surface area (Å²) in [5, 5.41) is 14.4. The molecule has 1 aromatic heterocycles. The number of carbonyl (C=O) groups is 1. The molecule has 2 aromatic carbocycles. The van der Waals surface area contributed by atoms with E-state index in [1.165, 1.54) is 12.1 Å². The van der Waals surface area contributed by atoms with E-state index >= 15 is 0 Å². The maximum absolute atomic E-state index is 13.0. The first-order chi connectivity index (χ1) is 14.0. The van der Waals surface area contributed by atoms with E-state index in [0.29, 0.717) is 13.0 Å². The number of amides is 1. The fourth-order valence-corrected chi connectivity index (χ4v) is 2.53. The molecule has 3 N–H and O–H groups in total. The molecule has 0 saturated heterocycles. The molecule has 3 aromatic rings. The molecule has 0 unspecified atom stereocenters. The highest BCUT2D eigenvalue weighted by atomic mass is 19.1. The molecule has 10 heteroatoms. The highest BCUT2D eigenvalue weighted by molar-refractivity contribution is 5.95. The minimum Gasteiger partial charge on any atom is -0.364 e. The molecular formula is C19H17FN6O3. The van der Waals surface area contributed by atoms with Crippen molar-refractivity contribution < 1.29 is 14.1 Å². The van der Waals surface area contributed by atoms with Crippen LogP contribution in [-0.4, -0.2) is 27.3 Å². The molecule has 0 aliphatic heterocycles. The van der Waals surface area contributed by atoms with E-state index < -0.39 is 22.3 Å². The van der Waals surface area contributed by atoms with Crippen LogP contribution in [0.5, 0.6) is 0 Å². The van der Waals surface area contributed by atoms with Crippen LogP contribution in [0.15, 0.2) is 60.9 Å². The maximum atomic E-state index is 13.0. The van der Waals surface area contributed by atoms with Gasteiger partial charge in [0.15, 0.2) is 0 Å². The predicted octanol–water partition coefficient (Wildman–Crippen LogP) is 2.94. The average molecular weight is 396 g/mol. The van der Waals surface area contributed by atoms with E-state index in [-0.39, 0.29) is 17.2 Å². The number of benzene rings is 2. The van der Waals surface area contributed by atoms with Crippen molar-refractivity contribution in [2.75, 3.05) is 17.3 Å². The Bertz CT molecular complexity index is 999. The van der Waals surface area contributed by atoms with Crippen LogP contribution in [0, 0.1) is 15.9 Å². The van der Waals surface area contributed by atoms with Gasteiger partial charge in [-0.05, 0) is 36.2 Å². The maximum Gasteiger partial charge on any atom is 0.354 e. The third-order valence-electron chi connectivity index (χ3n) is 3.95. The Hall–Kier alpha value is -4.08. The summed E-state index contributed by atoms with van der Waals surface area (Å²) in [5.74, 6) is -1.23. The van der Waals surface area contributed by atoms with Crippen molar-refractivity contribution in [3.05, 3.63) is 88.0 Å². The molecule has 0 atom stereocenters. The second-order valence-electron chi connectivity index (χ2n) is 5.92. The highest BCUT2D eigenvalue weighted by Crippen LogP contribution is 2.28. The molecule has 148 valence electrons. The fraction of sp³-hybridized carbons (Fsp3) is 0.105. The average Bonchev–Trinajstić information content (AvgIpc) is 2.73. The molecule has 0 bridgehead atoms. The number of halogens is 1. The zero-order valence-corrected chi connectivity index (χ0v) is 15.1. The van der Waals surface area contributed by atoms with E-state index in [0.717, 1.165) is 24.0 Å². The lowest BCUT2D eigenvalue weighted by atomic mass is 10.1. The minimum atomic E-state index is -0.642. The number of carbonyl (C=O) groups excluding carboxylic acids is 1. The summed E-state index contributed by atoms with van der Waals surface area (Å²) in [6, 6.07) is 14.5. The van der Waals surface area contributed by atoms with Crippen molar-refractivity contribution in [1.29, 1.82) is 0 Å². The van der Waals surface area contributed by atoms with Gasteiger partial charge in [-0.2, -0.15) is 0 Å². The number of hydrazine groups is 1. The van der Waals surface area contributed by atoms with E-state index in [4.69, 9.17) is 0 Å². The number of hydrogen-bond acceptors (Lipinski definition) is 7. The van der Waals surface area contributed by atoms with Gasteiger partial charge in [-0.15, -0.1) is 0 Å². The first kappa shape index (κ1) is 19.7. The quantitative estimate of drug-likeness (QED) is 0.395. The van der Waals surface area contributed by atoms with Gasteiger partial charge in [0.25, 0.3) is 5.91 Å². The number of anilines is 2. The third kappa shape index (κ3) is 5.22. The lowest BCUT2D eigenvalue weighted by molar-refractivity contribution is -0.383. The Morgan fingerprint density at radius 1 is 1.03 bits per heavy atom. The summed E-state index contributed by atoms with van der Waals surface area (Å²) in [5.41, 5.74) is 5.58. The fourth-order valence-electron chi connectivity index (χ4n) is 2.53. The lowest BCUT2D eigenvalue weighted by Crippen LogP contribution is -2.30. The molecule has 0 aliphatic carbocycles. The smallest absolute Gasteiger partial charge is 0.354 e. The first-order valence-corrected chi connectivity index (χ1v) is 8.63. The van der Waals surface area contributed by atoms with Crippen LogP contribution in [-0.2, 0) is 6.42 Å². The molecule has 0 fully saturated rings. The zero-order chi connectivity index (χ0) is 20.6. The SMILES string of the molecule is O=C(NNc1ncnc(NCCc2ccccc2)c1[N+](=O)[O-])c1ccc(F)cc1.